The number of carboxylic acids is 1. The third-order valence-electron chi connectivity index (χ3n) is 1.65. The average molecular weight is 197 g/mol. The van der Waals surface area contributed by atoms with Crippen LogP contribution in [0.1, 0.15) is 11.1 Å². The van der Waals surface area contributed by atoms with E-state index in [1.165, 1.54) is 0 Å². The van der Waals surface area contributed by atoms with Crippen molar-refractivity contribution in [2.75, 3.05) is 0 Å². The fourth-order valence-corrected chi connectivity index (χ4v) is 0.878. The monoisotopic (exact) mass is 197 g/mol. The van der Waals surface area contributed by atoms with E-state index in [9.17, 15) is 13.6 Å². The number of hydrogen-bond acceptors (Lipinski definition) is 2. The van der Waals surface area contributed by atoms with Crippen molar-refractivity contribution >= 4 is 5.97 Å². The molecule has 3 nitrogen and oxygen atoms in total. The molecule has 0 aromatic heterocycles. The summed E-state index contributed by atoms with van der Waals surface area (Å²) in [5.74, 6) is -6.12. The van der Waals surface area contributed by atoms with Gasteiger partial charge < -0.3 is 5.11 Å². The lowest BCUT2D eigenvalue weighted by Gasteiger charge is -2.10. The van der Waals surface area contributed by atoms with Crippen LogP contribution in [0.2, 0.25) is 0 Å². The molecule has 1 rings (SSSR count). The third kappa shape index (κ3) is 1.69. The molecule has 1 N–H and O–H groups in total. The van der Waals surface area contributed by atoms with Gasteiger partial charge in [0.05, 0.1) is 11.6 Å². The first kappa shape index (κ1) is 10.1. The predicted molar refractivity (Wildman–Crippen MR) is 42.7 cm³/mol. The number of nitrogens with zero attached hydrogens (tertiary/aromatic N) is 1. The first-order valence-corrected chi connectivity index (χ1v) is 3.60. The van der Waals surface area contributed by atoms with Crippen LogP contribution < -0.4 is 0 Å². The predicted octanol–water partition coefficient (Wildman–Crippen LogP) is 1.73. The Morgan fingerprint density at radius 2 is 1.86 bits per heavy atom. The van der Waals surface area contributed by atoms with Crippen molar-refractivity contribution < 1.29 is 18.7 Å². The maximum Gasteiger partial charge on any atom is 0.379 e. The second-order valence-corrected chi connectivity index (χ2v) is 2.57. The summed E-state index contributed by atoms with van der Waals surface area (Å²) in [6.07, 6.45) is 0. The van der Waals surface area contributed by atoms with Gasteiger partial charge in [0, 0.05) is 5.56 Å². The van der Waals surface area contributed by atoms with Crippen LogP contribution in [0, 0.1) is 11.3 Å². The number of hydrogen-bond donors (Lipinski definition) is 1. The molecule has 0 fully saturated rings. The molecule has 0 amide bonds. The smallest absolute Gasteiger partial charge is 0.379 e. The number of aliphatic carboxylic acids is 1. The summed E-state index contributed by atoms with van der Waals surface area (Å²) in [4.78, 5) is 10.2. The second-order valence-electron chi connectivity index (χ2n) is 2.57. The number of carboxylic acid groups (broad SMARTS) is 1. The molecular formula is C9H5F2NO2. The quantitative estimate of drug-likeness (QED) is 0.785. The largest absolute Gasteiger partial charge is 0.477 e. The first-order chi connectivity index (χ1) is 6.48. The highest BCUT2D eigenvalue weighted by molar-refractivity contribution is 5.77. The lowest BCUT2D eigenvalue weighted by atomic mass is 10.1. The maximum atomic E-state index is 12.8. The molecule has 1 aromatic carbocycles. The summed E-state index contributed by atoms with van der Waals surface area (Å²) in [6.45, 7) is 0. The lowest BCUT2D eigenvalue weighted by Crippen LogP contribution is -2.25. The molecule has 14 heavy (non-hydrogen) atoms. The Morgan fingerprint density at radius 3 is 2.21 bits per heavy atom. The van der Waals surface area contributed by atoms with Crippen molar-refractivity contribution in [2.45, 2.75) is 5.92 Å². The molecule has 0 bridgehead atoms. The molecule has 0 aliphatic carbocycles. The summed E-state index contributed by atoms with van der Waals surface area (Å²) in [5.41, 5.74) is -0.432. The van der Waals surface area contributed by atoms with Gasteiger partial charge in [-0.25, -0.2) is 4.79 Å². The molecule has 0 unspecified atom stereocenters. The summed E-state index contributed by atoms with van der Waals surface area (Å²) in [6, 6.07) is 5.88. The molecule has 5 heteroatoms. The molecule has 72 valence electrons. The van der Waals surface area contributed by atoms with Crippen molar-refractivity contribution in [2.24, 2.45) is 0 Å². The fourth-order valence-electron chi connectivity index (χ4n) is 0.878. The van der Waals surface area contributed by atoms with Gasteiger partial charge in [0.25, 0.3) is 0 Å². The molecule has 0 aliphatic rings. The maximum absolute atomic E-state index is 12.8. The van der Waals surface area contributed by atoms with E-state index in [0.29, 0.717) is 0 Å². The van der Waals surface area contributed by atoms with Crippen LogP contribution in [-0.2, 0) is 10.7 Å². The normalized spacial score (nSPS) is 10.6. The zero-order chi connectivity index (χ0) is 10.8. The Balaban J connectivity index is 3.10. The van der Waals surface area contributed by atoms with Gasteiger partial charge >= 0.3 is 11.9 Å². The topological polar surface area (TPSA) is 61.1 Å². The molecule has 0 atom stereocenters. The van der Waals surface area contributed by atoms with Gasteiger partial charge in [-0.05, 0) is 12.1 Å². The van der Waals surface area contributed by atoms with Gasteiger partial charge in [-0.1, -0.05) is 12.1 Å². The van der Waals surface area contributed by atoms with Crippen LogP contribution in [0.15, 0.2) is 24.3 Å². The van der Waals surface area contributed by atoms with Crippen molar-refractivity contribution in [1.29, 1.82) is 5.26 Å². The van der Waals surface area contributed by atoms with Gasteiger partial charge in [-0.3, -0.25) is 0 Å². The number of alkyl halides is 2. The van der Waals surface area contributed by atoms with E-state index in [1.807, 2.05) is 0 Å². The van der Waals surface area contributed by atoms with Crippen molar-refractivity contribution in [3.63, 3.8) is 0 Å². The van der Waals surface area contributed by atoms with Crippen molar-refractivity contribution in [3.05, 3.63) is 35.4 Å². The van der Waals surface area contributed by atoms with E-state index in [2.05, 4.69) is 0 Å². The Bertz CT molecular complexity index is 392. The zero-order valence-electron chi connectivity index (χ0n) is 6.87. The molecule has 0 spiro atoms. The number of halogens is 2. The van der Waals surface area contributed by atoms with Gasteiger partial charge in [0.1, 0.15) is 0 Å². The van der Waals surface area contributed by atoms with E-state index in [-0.39, 0.29) is 5.56 Å². The number of nitriles is 1. The minimum absolute atomic E-state index is 0.204. The molecule has 0 radical (unpaired) electrons. The second kappa shape index (κ2) is 3.42. The third-order valence-corrected chi connectivity index (χ3v) is 1.65. The Hall–Kier alpha value is -1.96. The van der Waals surface area contributed by atoms with Gasteiger partial charge in [0.2, 0.25) is 0 Å². The highest BCUT2D eigenvalue weighted by Gasteiger charge is 2.40. The fraction of sp³-hybridized carbons (Fsp3) is 0.111. The van der Waals surface area contributed by atoms with E-state index in [0.717, 1.165) is 24.3 Å². The van der Waals surface area contributed by atoms with E-state index in [4.69, 9.17) is 10.4 Å². The van der Waals surface area contributed by atoms with Crippen LogP contribution in [0.5, 0.6) is 0 Å². The van der Waals surface area contributed by atoms with Crippen molar-refractivity contribution in [1.82, 2.24) is 0 Å². The summed E-state index contributed by atoms with van der Waals surface area (Å²) in [7, 11) is 0. The molecule has 0 aliphatic heterocycles. The minimum atomic E-state index is -3.91. The SMILES string of the molecule is N#Cc1ccc(C(F)(F)C(=O)O)cc1. The average Bonchev–Trinajstić information content (AvgIpc) is 2.17. The van der Waals surface area contributed by atoms with Crippen LogP contribution in [0.4, 0.5) is 8.78 Å². The van der Waals surface area contributed by atoms with Gasteiger partial charge in [-0.2, -0.15) is 14.0 Å². The van der Waals surface area contributed by atoms with Crippen molar-refractivity contribution in [3.8, 4) is 6.07 Å². The van der Waals surface area contributed by atoms with Gasteiger partial charge in [0.15, 0.2) is 0 Å². The molecular weight excluding hydrogens is 192 g/mol. The Morgan fingerprint density at radius 1 is 1.36 bits per heavy atom. The standard InChI is InChI=1S/C9H5F2NO2/c10-9(11,8(13)14)7-3-1-6(5-12)2-4-7/h1-4H,(H,13,14). The summed E-state index contributed by atoms with van der Waals surface area (Å²) >= 11 is 0. The van der Waals surface area contributed by atoms with Gasteiger partial charge in [-0.15, -0.1) is 0 Å². The molecule has 0 saturated heterocycles. The van der Waals surface area contributed by atoms with E-state index >= 15 is 0 Å². The van der Waals surface area contributed by atoms with Crippen LogP contribution >= 0.6 is 0 Å². The number of carbonyl (C=O) groups is 1. The van der Waals surface area contributed by atoms with Crippen LogP contribution in [0.25, 0.3) is 0 Å². The van der Waals surface area contributed by atoms with Crippen LogP contribution in [0.3, 0.4) is 0 Å². The minimum Gasteiger partial charge on any atom is -0.477 e. The first-order valence-electron chi connectivity index (χ1n) is 3.60. The number of rotatable bonds is 2. The summed E-state index contributed by atoms with van der Waals surface area (Å²) in [5, 5.41) is 16.6. The molecule has 0 saturated carbocycles. The van der Waals surface area contributed by atoms with Crippen LogP contribution in [-0.4, -0.2) is 11.1 Å². The lowest BCUT2D eigenvalue weighted by molar-refractivity contribution is -0.166. The molecule has 1 aromatic rings. The highest BCUT2D eigenvalue weighted by atomic mass is 19.3. The summed E-state index contributed by atoms with van der Waals surface area (Å²) < 4.78 is 25.7. The van der Waals surface area contributed by atoms with E-state index < -0.39 is 17.5 Å². The number of benzene rings is 1. The van der Waals surface area contributed by atoms with E-state index in [1.54, 1.807) is 6.07 Å². The molecule has 0 heterocycles. The Kier molecular flexibility index (Phi) is 2.47. The highest BCUT2D eigenvalue weighted by Crippen LogP contribution is 2.27. The Labute approximate surface area is 78.2 Å². The zero-order valence-corrected chi connectivity index (χ0v) is 6.87.